The van der Waals surface area contributed by atoms with E-state index in [2.05, 4.69) is 47.6 Å². The van der Waals surface area contributed by atoms with Crippen molar-refractivity contribution in [2.45, 2.75) is 39.8 Å². The first-order valence-corrected chi connectivity index (χ1v) is 11.4. The molecular formula is C23H37N5O3. The molecule has 2 aliphatic rings. The lowest BCUT2D eigenvalue weighted by Gasteiger charge is -2.34. The van der Waals surface area contributed by atoms with Gasteiger partial charge >= 0.3 is 0 Å². The fraction of sp³-hybridized carbons (Fsp3) is 0.652. The van der Waals surface area contributed by atoms with Crippen molar-refractivity contribution >= 4 is 11.9 Å². The van der Waals surface area contributed by atoms with Crippen LogP contribution in [0.2, 0.25) is 0 Å². The number of carbonyl (C=O) groups excluding carboxylic acids is 1. The van der Waals surface area contributed by atoms with Gasteiger partial charge in [0, 0.05) is 64.7 Å². The molecule has 2 N–H and O–H groups in total. The molecule has 0 bridgehead atoms. The van der Waals surface area contributed by atoms with Crippen LogP contribution < -0.4 is 15.4 Å². The number of rotatable bonds is 8. The molecule has 2 heterocycles. The summed E-state index contributed by atoms with van der Waals surface area (Å²) in [5, 5.41) is 6.76. The predicted octanol–water partition coefficient (Wildman–Crippen LogP) is 1.38. The van der Waals surface area contributed by atoms with E-state index >= 15 is 0 Å². The molecule has 3 rings (SSSR count). The number of carbonyl (C=O) groups is 1. The van der Waals surface area contributed by atoms with Crippen molar-refractivity contribution in [1.82, 2.24) is 20.4 Å². The van der Waals surface area contributed by atoms with Gasteiger partial charge in [-0.25, -0.2) is 4.99 Å². The van der Waals surface area contributed by atoms with Gasteiger partial charge in [-0.3, -0.25) is 9.69 Å². The molecule has 1 amide bonds. The van der Waals surface area contributed by atoms with Crippen LogP contribution in [0.3, 0.4) is 0 Å². The Labute approximate surface area is 186 Å². The van der Waals surface area contributed by atoms with E-state index in [4.69, 9.17) is 14.5 Å². The molecule has 8 nitrogen and oxygen atoms in total. The number of hydrogen-bond acceptors (Lipinski definition) is 5. The van der Waals surface area contributed by atoms with Crippen LogP contribution in [0.5, 0.6) is 5.75 Å². The van der Waals surface area contributed by atoms with Gasteiger partial charge in [0.2, 0.25) is 5.91 Å². The van der Waals surface area contributed by atoms with Crippen LogP contribution in [-0.2, 0) is 16.1 Å². The van der Waals surface area contributed by atoms with E-state index in [0.717, 1.165) is 76.1 Å². The second-order valence-corrected chi connectivity index (χ2v) is 8.18. The van der Waals surface area contributed by atoms with Gasteiger partial charge in [0.25, 0.3) is 0 Å². The minimum atomic E-state index is 0.124. The average molecular weight is 432 g/mol. The van der Waals surface area contributed by atoms with E-state index in [-0.39, 0.29) is 12.0 Å². The lowest BCUT2D eigenvalue weighted by atomic mass is 10.1. The summed E-state index contributed by atoms with van der Waals surface area (Å²) >= 11 is 0. The van der Waals surface area contributed by atoms with Crippen LogP contribution in [-0.4, -0.2) is 86.8 Å². The molecular weight excluding hydrogens is 394 g/mol. The average Bonchev–Trinajstić information content (AvgIpc) is 3.26. The highest BCUT2D eigenvalue weighted by molar-refractivity contribution is 5.79. The van der Waals surface area contributed by atoms with E-state index in [1.54, 1.807) is 6.92 Å². The third kappa shape index (κ3) is 7.40. The zero-order valence-electron chi connectivity index (χ0n) is 19.2. The third-order valence-corrected chi connectivity index (χ3v) is 5.69. The summed E-state index contributed by atoms with van der Waals surface area (Å²) < 4.78 is 11.6. The molecule has 1 aromatic carbocycles. The monoisotopic (exact) mass is 431 g/mol. The molecule has 172 valence electrons. The maximum absolute atomic E-state index is 11.5. The van der Waals surface area contributed by atoms with Gasteiger partial charge in [-0.1, -0.05) is 12.1 Å². The van der Waals surface area contributed by atoms with Gasteiger partial charge < -0.3 is 25.0 Å². The van der Waals surface area contributed by atoms with Gasteiger partial charge in [0.1, 0.15) is 11.9 Å². The van der Waals surface area contributed by atoms with Crippen molar-refractivity contribution in [3.05, 3.63) is 29.3 Å². The molecule has 2 aliphatic heterocycles. The number of hydrogen-bond donors (Lipinski definition) is 2. The van der Waals surface area contributed by atoms with E-state index in [9.17, 15) is 4.79 Å². The minimum absolute atomic E-state index is 0.124. The van der Waals surface area contributed by atoms with Gasteiger partial charge in [-0.05, 0) is 25.5 Å². The Morgan fingerprint density at radius 1 is 1.26 bits per heavy atom. The topological polar surface area (TPSA) is 78.4 Å². The first kappa shape index (κ1) is 23.3. The van der Waals surface area contributed by atoms with Crippen LogP contribution >= 0.6 is 0 Å². The van der Waals surface area contributed by atoms with Crippen molar-refractivity contribution in [3.63, 3.8) is 0 Å². The first-order valence-electron chi connectivity index (χ1n) is 11.4. The number of nitrogens with one attached hydrogen (secondary N) is 2. The highest BCUT2D eigenvalue weighted by Gasteiger charge is 2.19. The maximum Gasteiger partial charge on any atom is 0.219 e. The molecule has 1 unspecified atom stereocenters. The molecule has 8 heteroatoms. The summed E-state index contributed by atoms with van der Waals surface area (Å²) in [6.07, 6.45) is 1.06. The minimum Gasteiger partial charge on any atom is -0.488 e. The summed E-state index contributed by atoms with van der Waals surface area (Å²) in [5.74, 6) is 1.87. The van der Waals surface area contributed by atoms with Crippen LogP contribution in [0.15, 0.2) is 23.2 Å². The van der Waals surface area contributed by atoms with Crippen LogP contribution in [0, 0.1) is 6.92 Å². The van der Waals surface area contributed by atoms with Crippen LogP contribution in [0.1, 0.15) is 31.4 Å². The van der Waals surface area contributed by atoms with Crippen molar-refractivity contribution in [2.24, 2.45) is 4.99 Å². The Bertz CT molecular complexity index is 741. The summed E-state index contributed by atoms with van der Waals surface area (Å²) in [6.45, 7) is 13.8. The van der Waals surface area contributed by atoms with Crippen LogP contribution in [0.25, 0.3) is 0 Å². The number of aliphatic imine (C=N–C) groups is 1. The maximum atomic E-state index is 11.5. The second kappa shape index (κ2) is 11.9. The van der Waals surface area contributed by atoms with Crippen molar-refractivity contribution < 1.29 is 14.3 Å². The number of amides is 1. The van der Waals surface area contributed by atoms with Crippen molar-refractivity contribution in [3.8, 4) is 5.75 Å². The molecule has 0 saturated carbocycles. The molecule has 0 radical (unpaired) electrons. The summed E-state index contributed by atoms with van der Waals surface area (Å²) in [7, 11) is 0. The lowest BCUT2D eigenvalue weighted by molar-refractivity contribution is -0.130. The molecule has 1 atom stereocenters. The van der Waals surface area contributed by atoms with E-state index in [1.165, 1.54) is 5.56 Å². The highest BCUT2D eigenvalue weighted by atomic mass is 16.5. The molecule has 0 aromatic heterocycles. The Morgan fingerprint density at radius 2 is 2.06 bits per heavy atom. The first-order chi connectivity index (χ1) is 15.0. The standard InChI is InChI=1S/C23H37N5O3/c1-4-24-23(25-8-9-27-10-12-28(13-11-27)19(3)29)26-16-20-6-5-18(2)15-22(20)31-21-7-14-30-17-21/h5-6,15,21H,4,7-14,16-17H2,1-3H3,(H2,24,25,26). The van der Waals surface area contributed by atoms with Crippen molar-refractivity contribution in [2.75, 3.05) is 59.0 Å². The van der Waals surface area contributed by atoms with E-state index in [1.807, 2.05) is 4.90 Å². The number of nitrogens with zero attached hydrogens (tertiary/aromatic N) is 3. The SMILES string of the molecule is CCNC(=NCc1ccc(C)cc1OC1CCOC1)NCCN1CCN(C(C)=O)CC1. The molecule has 1 aromatic rings. The molecule has 0 aliphatic carbocycles. The Morgan fingerprint density at radius 3 is 2.74 bits per heavy atom. The van der Waals surface area contributed by atoms with Gasteiger partial charge in [-0.2, -0.15) is 0 Å². The number of ether oxygens (including phenoxy) is 2. The summed E-state index contributed by atoms with van der Waals surface area (Å²) in [4.78, 5) is 20.5. The van der Waals surface area contributed by atoms with E-state index in [0.29, 0.717) is 13.2 Å². The zero-order chi connectivity index (χ0) is 22.1. The number of aryl methyl sites for hydroxylation is 1. The van der Waals surface area contributed by atoms with E-state index < -0.39 is 0 Å². The quantitative estimate of drug-likeness (QED) is 0.478. The summed E-state index contributed by atoms with van der Waals surface area (Å²) in [6, 6.07) is 6.29. The van der Waals surface area contributed by atoms with Gasteiger partial charge in [-0.15, -0.1) is 0 Å². The third-order valence-electron chi connectivity index (χ3n) is 5.69. The van der Waals surface area contributed by atoms with Gasteiger partial charge in [0.05, 0.1) is 19.8 Å². The summed E-state index contributed by atoms with van der Waals surface area (Å²) in [5.41, 5.74) is 2.26. The number of guanidine groups is 1. The molecule has 31 heavy (non-hydrogen) atoms. The normalized spacial score (nSPS) is 20.0. The van der Waals surface area contributed by atoms with Crippen LogP contribution in [0.4, 0.5) is 0 Å². The second-order valence-electron chi connectivity index (χ2n) is 8.18. The fourth-order valence-corrected chi connectivity index (χ4v) is 3.81. The molecule has 0 spiro atoms. The smallest absolute Gasteiger partial charge is 0.219 e. The molecule has 2 fully saturated rings. The highest BCUT2D eigenvalue weighted by Crippen LogP contribution is 2.24. The van der Waals surface area contributed by atoms with Gasteiger partial charge in [0.15, 0.2) is 5.96 Å². The largest absolute Gasteiger partial charge is 0.488 e. The Kier molecular flexibility index (Phi) is 8.97. The Hall–Kier alpha value is -2.32. The number of benzene rings is 1. The predicted molar refractivity (Wildman–Crippen MR) is 123 cm³/mol. The zero-order valence-corrected chi connectivity index (χ0v) is 19.2. The fourth-order valence-electron chi connectivity index (χ4n) is 3.81. The van der Waals surface area contributed by atoms with Crippen molar-refractivity contribution in [1.29, 1.82) is 0 Å². The lowest BCUT2D eigenvalue weighted by Crippen LogP contribution is -2.50. The number of piperazine rings is 1. The molecule has 2 saturated heterocycles. The Balaban J connectivity index is 1.52.